The lowest BCUT2D eigenvalue weighted by Gasteiger charge is -2.61. The average molecular weight is 344 g/mol. The van der Waals surface area contributed by atoms with Crippen molar-refractivity contribution in [2.24, 2.45) is 52.3 Å². The van der Waals surface area contributed by atoms with E-state index in [4.69, 9.17) is 0 Å². The molecule has 4 saturated carbocycles. The van der Waals surface area contributed by atoms with Crippen LogP contribution in [0.25, 0.3) is 0 Å². The summed E-state index contributed by atoms with van der Waals surface area (Å²) in [7, 11) is 0. The van der Waals surface area contributed by atoms with Crippen LogP contribution in [0.5, 0.6) is 0 Å². The molecule has 0 heteroatoms. The summed E-state index contributed by atoms with van der Waals surface area (Å²) in [6, 6.07) is 0. The fourth-order valence-electron chi connectivity index (χ4n) is 8.98. The Bertz CT molecular complexity index is 480. The highest BCUT2D eigenvalue weighted by Gasteiger charge is 2.60. The maximum atomic E-state index is 4.43. The summed E-state index contributed by atoms with van der Waals surface area (Å²) in [5.74, 6) is 6.84. The Morgan fingerprint density at radius 1 is 0.920 bits per heavy atom. The minimum absolute atomic E-state index is 0.658. The van der Waals surface area contributed by atoms with Gasteiger partial charge in [-0.2, -0.15) is 0 Å². The lowest BCUT2D eigenvalue weighted by molar-refractivity contribution is -0.118. The second-order valence-electron chi connectivity index (χ2n) is 11.3. The van der Waals surface area contributed by atoms with Crippen LogP contribution in [-0.4, -0.2) is 0 Å². The zero-order valence-electron chi connectivity index (χ0n) is 17.5. The minimum atomic E-state index is 0.658. The molecule has 1 radical (unpaired) electrons. The van der Waals surface area contributed by atoms with Crippen LogP contribution < -0.4 is 0 Å². The van der Waals surface area contributed by atoms with Crippen LogP contribution in [0.3, 0.4) is 0 Å². The number of fused-ring (bicyclic) bond motifs is 5. The molecule has 4 fully saturated rings. The lowest BCUT2D eigenvalue weighted by atomic mass is 9.44. The lowest BCUT2D eigenvalue weighted by Crippen LogP contribution is -2.53. The molecule has 0 spiro atoms. The van der Waals surface area contributed by atoms with E-state index in [0.29, 0.717) is 10.8 Å². The van der Waals surface area contributed by atoms with Gasteiger partial charge < -0.3 is 0 Å². The Morgan fingerprint density at radius 2 is 1.64 bits per heavy atom. The number of rotatable bonds is 3. The molecule has 0 saturated heterocycles. The predicted octanol–water partition coefficient (Wildman–Crippen LogP) is 7.53. The van der Waals surface area contributed by atoms with Crippen molar-refractivity contribution in [2.75, 3.05) is 0 Å². The smallest absolute Gasteiger partial charge is 0.0264 e. The molecule has 0 aromatic heterocycles. The van der Waals surface area contributed by atoms with Crippen molar-refractivity contribution in [1.82, 2.24) is 0 Å². The van der Waals surface area contributed by atoms with E-state index in [1.807, 2.05) is 0 Å². The summed E-state index contributed by atoms with van der Waals surface area (Å²) in [4.78, 5) is 0. The summed E-state index contributed by atoms with van der Waals surface area (Å²) >= 11 is 0. The second-order valence-corrected chi connectivity index (χ2v) is 11.3. The summed E-state index contributed by atoms with van der Waals surface area (Å²) in [5.41, 5.74) is 1.33. The van der Waals surface area contributed by atoms with Crippen LogP contribution in [-0.2, 0) is 0 Å². The summed E-state index contributed by atoms with van der Waals surface area (Å²) in [6.45, 7) is 14.8. The third kappa shape index (κ3) is 2.75. The first-order valence-corrected chi connectivity index (χ1v) is 11.7. The fourth-order valence-corrected chi connectivity index (χ4v) is 8.98. The Morgan fingerprint density at radius 3 is 2.40 bits per heavy atom. The first-order valence-electron chi connectivity index (χ1n) is 11.7. The second kappa shape index (κ2) is 6.56. The van der Waals surface area contributed by atoms with Crippen LogP contribution in [0.1, 0.15) is 98.3 Å². The van der Waals surface area contributed by atoms with Gasteiger partial charge in [0.25, 0.3) is 0 Å². The van der Waals surface area contributed by atoms with E-state index in [1.165, 1.54) is 51.4 Å². The zero-order chi connectivity index (χ0) is 17.8. The van der Waals surface area contributed by atoms with Gasteiger partial charge >= 0.3 is 0 Å². The van der Waals surface area contributed by atoms with Crippen molar-refractivity contribution >= 4 is 0 Å². The van der Waals surface area contributed by atoms with Crippen molar-refractivity contribution in [1.29, 1.82) is 0 Å². The first kappa shape index (κ1) is 18.4. The molecule has 0 nitrogen and oxygen atoms in total. The monoisotopic (exact) mass is 343 g/mol. The van der Waals surface area contributed by atoms with E-state index in [2.05, 4.69) is 34.6 Å². The van der Waals surface area contributed by atoms with Crippen molar-refractivity contribution in [3.05, 3.63) is 6.92 Å². The maximum Gasteiger partial charge on any atom is -0.0264 e. The minimum Gasteiger partial charge on any atom is -0.0654 e. The predicted molar refractivity (Wildman–Crippen MR) is 108 cm³/mol. The number of hydrogen-bond donors (Lipinski definition) is 0. The highest BCUT2D eigenvalue weighted by Crippen LogP contribution is 2.68. The summed E-state index contributed by atoms with van der Waals surface area (Å²) in [5, 5.41) is 0. The van der Waals surface area contributed by atoms with Crippen LogP contribution >= 0.6 is 0 Å². The molecule has 4 aliphatic rings. The molecule has 143 valence electrons. The van der Waals surface area contributed by atoms with Crippen LogP contribution in [0, 0.1) is 59.2 Å². The van der Waals surface area contributed by atoms with Gasteiger partial charge in [0, 0.05) is 0 Å². The maximum absolute atomic E-state index is 4.43. The molecule has 4 rings (SSSR count). The Labute approximate surface area is 157 Å². The molecular weight excluding hydrogens is 300 g/mol. The molecule has 0 heterocycles. The van der Waals surface area contributed by atoms with E-state index < -0.39 is 0 Å². The zero-order valence-corrected chi connectivity index (χ0v) is 17.5. The van der Waals surface area contributed by atoms with Crippen molar-refractivity contribution in [3.63, 3.8) is 0 Å². The third-order valence-corrected chi connectivity index (χ3v) is 10.3. The van der Waals surface area contributed by atoms with Gasteiger partial charge in [-0.3, -0.25) is 0 Å². The molecule has 0 N–H and O–H groups in total. The summed E-state index contributed by atoms with van der Waals surface area (Å²) < 4.78 is 0. The third-order valence-electron chi connectivity index (χ3n) is 10.3. The molecule has 9 atom stereocenters. The van der Waals surface area contributed by atoms with Crippen LogP contribution in [0.2, 0.25) is 0 Å². The SMILES string of the molecule is [CH2]C1CC[C@@]2(C)C(CC[C@H]3[C@@H]4CC[C@H]([C@H](C)CCC)[C@@]4(C)CC[C@@H]32)C1. The Balaban J connectivity index is 1.56. The van der Waals surface area contributed by atoms with Gasteiger partial charge in [0.2, 0.25) is 0 Å². The quantitative estimate of drug-likeness (QED) is 0.496. The fraction of sp³-hybridized carbons (Fsp3) is 0.960. The van der Waals surface area contributed by atoms with Gasteiger partial charge in [0.15, 0.2) is 0 Å². The largest absolute Gasteiger partial charge is 0.0654 e. The van der Waals surface area contributed by atoms with Gasteiger partial charge in [-0.15, -0.1) is 0 Å². The van der Waals surface area contributed by atoms with E-state index in [0.717, 1.165) is 41.4 Å². The topological polar surface area (TPSA) is 0 Å². The van der Waals surface area contributed by atoms with Gasteiger partial charge in [-0.05, 0) is 110 Å². The van der Waals surface area contributed by atoms with E-state index in [-0.39, 0.29) is 0 Å². The highest BCUT2D eigenvalue weighted by molar-refractivity contribution is 5.09. The molecule has 0 bridgehead atoms. The van der Waals surface area contributed by atoms with Gasteiger partial charge in [-0.1, -0.05) is 47.5 Å². The van der Waals surface area contributed by atoms with E-state index >= 15 is 0 Å². The van der Waals surface area contributed by atoms with Crippen LogP contribution in [0.15, 0.2) is 0 Å². The molecule has 0 amide bonds. The first-order chi connectivity index (χ1) is 11.9. The van der Waals surface area contributed by atoms with Gasteiger partial charge in [0.1, 0.15) is 0 Å². The number of hydrogen-bond acceptors (Lipinski definition) is 0. The van der Waals surface area contributed by atoms with E-state index in [1.54, 1.807) is 19.3 Å². The Hall–Kier alpha value is 0. The van der Waals surface area contributed by atoms with Gasteiger partial charge in [-0.25, -0.2) is 0 Å². The van der Waals surface area contributed by atoms with E-state index in [9.17, 15) is 0 Å². The van der Waals surface area contributed by atoms with Crippen molar-refractivity contribution < 1.29 is 0 Å². The van der Waals surface area contributed by atoms with Crippen molar-refractivity contribution in [3.8, 4) is 0 Å². The molecule has 2 unspecified atom stereocenters. The Kier molecular flexibility index (Phi) is 4.82. The van der Waals surface area contributed by atoms with Crippen LogP contribution in [0.4, 0.5) is 0 Å². The molecule has 0 aromatic carbocycles. The molecule has 0 aliphatic heterocycles. The molecule has 25 heavy (non-hydrogen) atoms. The normalized spacial score (nSPS) is 53.6. The van der Waals surface area contributed by atoms with Crippen molar-refractivity contribution in [2.45, 2.75) is 98.3 Å². The summed E-state index contributed by atoms with van der Waals surface area (Å²) in [6.07, 6.45) is 16.4. The standard InChI is InChI=1S/C25H43/c1-6-7-18(3)21-10-11-22-20-9-8-19-16-17(2)12-14-24(19,4)23(20)13-15-25(21,22)5/h17-23H,2,6-16H2,1,3-5H3/t17?,18-,19?,20+,21-,22+,23+,24+,25-/m1/s1. The molecule has 0 aromatic rings. The average Bonchev–Trinajstić information content (AvgIpc) is 2.93. The highest BCUT2D eigenvalue weighted by atomic mass is 14.6. The molecule has 4 aliphatic carbocycles. The molecular formula is C25H43. The van der Waals surface area contributed by atoms with Gasteiger partial charge in [0.05, 0.1) is 0 Å².